The molecule has 0 rings (SSSR count). The summed E-state index contributed by atoms with van der Waals surface area (Å²) in [5.41, 5.74) is 0. The van der Waals surface area contributed by atoms with Gasteiger partial charge < -0.3 is 14.7 Å². The fraction of sp³-hybridized carbons (Fsp3) is 1.00. The van der Waals surface area contributed by atoms with E-state index >= 15 is 0 Å². The van der Waals surface area contributed by atoms with E-state index in [0.717, 1.165) is 0 Å². The molecule has 7 nitrogen and oxygen atoms in total. The third kappa shape index (κ3) is 21.8. The van der Waals surface area contributed by atoms with E-state index in [2.05, 4.69) is 13.6 Å². The van der Waals surface area contributed by atoms with Crippen LogP contribution in [0.3, 0.4) is 0 Å². The van der Waals surface area contributed by atoms with E-state index in [-0.39, 0.29) is 0 Å². The highest BCUT2D eigenvalue weighted by Gasteiger charge is 2.42. The van der Waals surface area contributed by atoms with E-state index in [1.54, 1.807) is 0 Å². The number of hydrogen-bond acceptors (Lipinski definition) is 7. The maximum Gasteiger partial charge on any atom is 0.475 e. The molecule has 0 aromatic heterocycles. The fourth-order valence-corrected chi connectivity index (χ4v) is 1.71. The number of hydrogen-bond donors (Lipinski definition) is 3. The van der Waals surface area contributed by atoms with E-state index in [4.69, 9.17) is 14.7 Å². The molecule has 0 aliphatic heterocycles. The highest BCUT2D eigenvalue weighted by atomic mass is 31.2. The number of rotatable bonds is 6. The van der Waals surface area contributed by atoms with Crippen LogP contribution in [0.2, 0.25) is 0 Å². The summed E-state index contributed by atoms with van der Waals surface area (Å²) in [7, 11) is -8.29. The molecule has 0 aromatic carbocycles. The zero-order valence-electron chi connectivity index (χ0n) is 10.9. The van der Waals surface area contributed by atoms with Crippen LogP contribution in [0, 0.1) is 0 Å². The summed E-state index contributed by atoms with van der Waals surface area (Å²) in [6, 6.07) is 0. The van der Waals surface area contributed by atoms with Gasteiger partial charge >= 0.3 is 35.0 Å². The Labute approximate surface area is 128 Å². The molecule has 0 saturated carbocycles. The lowest BCUT2D eigenvalue weighted by atomic mass is 10.7. The fourth-order valence-electron chi connectivity index (χ4n) is 0.569. The highest BCUT2D eigenvalue weighted by Crippen LogP contribution is 2.52. The standard InChI is InChI=1S/C6H6F9O4P.H3O3P/c7-4(8,9)1-17-20(16,18-2-5(10,11)12)19-3-6(13,14)15;1-4(2)3/h1-3H2;1-3H. The Morgan fingerprint density at radius 3 is 0.958 bits per heavy atom. The topological polar surface area (TPSA) is 105 Å². The van der Waals surface area contributed by atoms with Crippen LogP contribution < -0.4 is 0 Å². The Bertz CT molecular complexity index is 338. The van der Waals surface area contributed by atoms with Crippen molar-refractivity contribution in [3.8, 4) is 0 Å². The first kappa shape index (κ1) is 26.0. The summed E-state index contributed by atoms with van der Waals surface area (Å²) in [5.74, 6) is 0. The smallest absolute Gasteiger partial charge is 0.328 e. The molecule has 0 bridgehead atoms. The molecule has 0 aliphatic rings. The number of phosphoric ester groups is 1. The van der Waals surface area contributed by atoms with Crippen LogP contribution in [-0.2, 0) is 18.1 Å². The molecule has 148 valence electrons. The van der Waals surface area contributed by atoms with E-state index in [1.807, 2.05) is 0 Å². The molecule has 24 heavy (non-hydrogen) atoms. The Morgan fingerprint density at radius 2 is 0.833 bits per heavy atom. The molecule has 0 atom stereocenters. The van der Waals surface area contributed by atoms with Crippen LogP contribution >= 0.6 is 16.4 Å². The first-order valence-corrected chi connectivity index (χ1v) is 7.62. The van der Waals surface area contributed by atoms with Gasteiger partial charge in [0.05, 0.1) is 0 Å². The van der Waals surface area contributed by atoms with Gasteiger partial charge in [0.15, 0.2) is 19.8 Å². The monoisotopic (exact) mass is 426 g/mol. The lowest BCUT2D eigenvalue weighted by molar-refractivity contribution is -0.180. The van der Waals surface area contributed by atoms with Gasteiger partial charge in [-0.05, 0) is 0 Å². The molecule has 3 N–H and O–H groups in total. The summed E-state index contributed by atoms with van der Waals surface area (Å²) >= 11 is 0. The molecule has 0 spiro atoms. The summed E-state index contributed by atoms with van der Waals surface area (Å²) in [5, 5.41) is 0. The van der Waals surface area contributed by atoms with Crippen molar-refractivity contribution in [1.29, 1.82) is 0 Å². The van der Waals surface area contributed by atoms with Crippen molar-refractivity contribution in [2.75, 3.05) is 19.8 Å². The SMILES string of the molecule is O=P(OCC(F)(F)F)(OCC(F)(F)F)OCC(F)(F)F.OP(O)O. The molecule has 18 heteroatoms. The maximum atomic E-state index is 11.7. The second-order valence-electron chi connectivity index (χ2n) is 3.38. The van der Waals surface area contributed by atoms with Crippen LogP contribution in [0.4, 0.5) is 39.5 Å². The minimum absolute atomic E-state index is 2.40. The van der Waals surface area contributed by atoms with Gasteiger partial charge in [-0.15, -0.1) is 0 Å². The van der Waals surface area contributed by atoms with Crippen molar-refractivity contribution >= 4 is 16.4 Å². The lowest BCUT2D eigenvalue weighted by Gasteiger charge is -2.20. The van der Waals surface area contributed by atoms with E-state index in [0.29, 0.717) is 0 Å². The zero-order chi connectivity index (χ0) is 19.8. The van der Waals surface area contributed by atoms with E-state index < -0.39 is 54.8 Å². The van der Waals surface area contributed by atoms with Crippen molar-refractivity contribution in [2.24, 2.45) is 0 Å². The average Bonchev–Trinajstić information content (AvgIpc) is 2.29. The first-order valence-electron chi connectivity index (χ1n) is 4.96. The van der Waals surface area contributed by atoms with E-state index in [9.17, 15) is 44.1 Å². The number of halogens is 9. The van der Waals surface area contributed by atoms with Crippen molar-refractivity contribution in [2.45, 2.75) is 18.5 Å². The minimum Gasteiger partial charge on any atom is -0.328 e. The molecule has 0 heterocycles. The van der Waals surface area contributed by atoms with Crippen LogP contribution in [0.15, 0.2) is 0 Å². The molecule has 0 fully saturated rings. The van der Waals surface area contributed by atoms with Gasteiger partial charge in [-0.3, -0.25) is 13.6 Å². The molecule has 0 unspecified atom stereocenters. The van der Waals surface area contributed by atoms with Crippen LogP contribution in [0.1, 0.15) is 0 Å². The van der Waals surface area contributed by atoms with Gasteiger partial charge in [0.2, 0.25) is 0 Å². The Morgan fingerprint density at radius 1 is 0.667 bits per heavy atom. The Kier molecular flexibility index (Phi) is 10.9. The van der Waals surface area contributed by atoms with E-state index in [1.165, 1.54) is 0 Å². The van der Waals surface area contributed by atoms with Crippen LogP contribution in [0.25, 0.3) is 0 Å². The Balaban J connectivity index is 0. The van der Waals surface area contributed by atoms with Gasteiger partial charge in [0, 0.05) is 0 Å². The van der Waals surface area contributed by atoms with Crippen LogP contribution in [-0.4, -0.2) is 53.0 Å². The van der Waals surface area contributed by atoms with Crippen molar-refractivity contribution in [3.05, 3.63) is 0 Å². The lowest BCUT2D eigenvalue weighted by Crippen LogP contribution is -2.23. The summed E-state index contributed by atoms with van der Waals surface area (Å²) in [4.78, 5) is 21.7. The second kappa shape index (κ2) is 10.1. The van der Waals surface area contributed by atoms with Gasteiger partial charge in [0.25, 0.3) is 0 Å². The normalized spacial score (nSPS) is 13.7. The third-order valence-electron chi connectivity index (χ3n) is 1.16. The maximum absolute atomic E-state index is 11.7. The first-order chi connectivity index (χ1) is 10.4. The average molecular weight is 426 g/mol. The third-order valence-corrected chi connectivity index (χ3v) is 2.49. The predicted octanol–water partition coefficient (Wildman–Crippen LogP) is 3.02. The molecule has 0 aliphatic carbocycles. The summed E-state index contributed by atoms with van der Waals surface area (Å²) < 4.78 is 127. The molecular formula is C6H9F9O7P2. The van der Waals surface area contributed by atoms with Crippen LogP contribution in [0.5, 0.6) is 0 Å². The molecule has 0 saturated heterocycles. The van der Waals surface area contributed by atoms with Crippen molar-refractivity contribution in [3.63, 3.8) is 0 Å². The molecule has 0 amide bonds. The summed E-state index contributed by atoms with van der Waals surface area (Å²) in [6.45, 7) is -7.21. The minimum atomic E-state index is -5.67. The van der Waals surface area contributed by atoms with Crippen molar-refractivity contribution < 1.29 is 72.3 Å². The van der Waals surface area contributed by atoms with Gasteiger partial charge in [0.1, 0.15) is 0 Å². The predicted molar refractivity (Wildman–Crippen MR) is 57.2 cm³/mol. The van der Waals surface area contributed by atoms with Gasteiger partial charge in [-0.25, -0.2) is 4.57 Å². The quantitative estimate of drug-likeness (QED) is 0.443. The molecule has 0 radical (unpaired) electrons. The number of alkyl halides is 9. The largest absolute Gasteiger partial charge is 0.475 e. The molecule has 0 aromatic rings. The highest BCUT2D eigenvalue weighted by molar-refractivity contribution is 7.48. The second-order valence-corrected chi connectivity index (χ2v) is 5.59. The zero-order valence-corrected chi connectivity index (χ0v) is 12.7. The number of phosphoric acid groups is 1. The Hall–Kier alpha value is -0.210. The van der Waals surface area contributed by atoms with Crippen molar-refractivity contribution in [1.82, 2.24) is 0 Å². The molecular weight excluding hydrogens is 417 g/mol. The van der Waals surface area contributed by atoms with Gasteiger partial charge in [-0.1, -0.05) is 0 Å². The van der Waals surface area contributed by atoms with Gasteiger partial charge in [-0.2, -0.15) is 39.5 Å². The summed E-state index contributed by atoms with van der Waals surface area (Å²) in [6.07, 6.45) is -15.5.